The van der Waals surface area contributed by atoms with Crippen LogP contribution in [0.15, 0.2) is 24.3 Å². The highest BCUT2D eigenvalue weighted by Gasteiger charge is 2.43. The fourth-order valence-corrected chi connectivity index (χ4v) is 10.7. The van der Waals surface area contributed by atoms with Crippen molar-refractivity contribution in [2.45, 2.75) is 51.4 Å². The van der Waals surface area contributed by atoms with E-state index in [2.05, 4.69) is 0 Å². The van der Waals surface area contributed by atoms with E-state index in [0.717, 1.165) is 0 Å². The summed E-state index contributed by atoms with van der Waals surface area (Å²) in [7, 11) is 0. The molecule has 4 aliphatic heterocycles. The van der Waals surface area contributed by atoms with Crippen LogP contribution in [0.4, 0.5) is 22.7 Å². The maximum Gasteiger partial charge on any atom is 0.352 e. The number of ether oxygens (including phenoxy) is 16. The zero-order chi connectivity index (χ0) is 59.3. The molecule has 0 fully saturated rings. The molecule has 0 radical (unpaired) electrons. The standard InChI is InChI=1S/C56H68N4O24/c1-33-37-29-39-34(2)41-31-43-36(4)44-32-42-35(3)40-30-38(33)50-46(58(63)64)52(40)80-24-16-72-8-10-74-18-26-82-54(42)48(60(67)68)56(44)84-28-20-76-12-11-75-19-27-83-55(43)47(59(65)66)53(41)81-25-17-73-9-7-71-15-23-79-51(39)45(57(61)62)49(37)77-21-13-69-5-6-70-14-22-78-50/h29-36H,5-28H2,1-4H3. The Kier molecular flexibility index (Phi) is 21.0. The number of hydrogen-bond donors (Lipinski definition) is 0. The second-order valence-corrected chi connectivity index (χ2v) is 19.8. The molecule has 456 valence electrons. The van der Waals surface area contributed by atoms with Gasteiger partial charge in [-0.15, -0.1) is 0 Å². The Morgan fingerprint density at radius 1 is 0.250 bits per heavy atom. The van der Waals surface area contributed by atoms with Crippen LogP contribution in [0.25, 0.3) is 0 Å². The third-order valence-corrected chi connectivity index (χ3v) is 14.8. The molecule has 0 saturated heterocycles. The molecule has 0 N–H and O–H groups in total. The maximum absolute atomic E-state index is 14.1. The Balaban J connectivity index is 1.50. The molecule has 4 aromatic carbocycles. The van der Waals surface area contributed by atoms with Crippen molar-refractivity contribution in [1.29, 1.82) is 0 Å². The number of nitro benzene ring substituents is 4. The molecule has 4 aromatic rings. The Morgan fingerprint density at radius 3 is 0.488 bits per heavy atom. The van der Waals surface area contributed by atoms with Crippen LogP contribution in [0, 0.1) is 40.5 Å². The van der Waals surface area contributed by atoms with Gasteiger partial charge in [-0.1, -0.05) is 27.7 Å². The number of benzene rings is 4. The van der Waals surface area contributed by atoms with Gasteiger partial charge in [0.05, 0.1) is 125 Å². The molecule has 0 atom stereocenters. The Labute approximate surface area is 482 Å². The fourth-order valence-electron chi connectivity index (χ4n) is 10.7. The minimum absolute atomic E-state index is 0.0582. The molecule has 84 heavy (non-hydrogen) atoms. The van der Waals surface area contributed by atoms with Crippen LogP contribution in [-0.4, -0.2) is 178 Å². The van der Waals surface area contributed by atoms with Crippen molar-refractivity contribution in [3.63, 3.8) is 0 Å². The van der Waals surface area contributed by atoms with Crippen LogP contribution in [-0.2, 0) is 37.9 Å². The van der Waals surface area contributed by atoms with Crippen LogP contribution < -0.4 is 37.9 Å². The van der Waals surface area contributed by atoms with Crippen molar-refractivity contribution >= 4 is 22.7 Å². The number of nitrogens with zero attached hydrogens (tertiary/aromatic N) is 4. The highest BCUT2D eigenvalue weighted by atomic mass is 16.7. The average molecular weight is 1180 g/mol. The van der Waals surface area contributed by atoms with Gasteiger partial charge in [0.15, 0.2) is 0 Å². The lowest BCUT2D eigenvalue weighted by Crippen LogP contribution is -2.18. The summed E-state index contributed by atoms with van der Waals surface area (Å²) in [6, 6.07) is 6.45. The van der Waals surface area contributed by atoms with Gasteiger partial charge in [0.2, 0.25) is 46.0 Å². The summed E-state index contributed by atoms with van der Waals surface area (Å²) in [5, 5.41) is 56.3. The zero-order valence-corrected chi connectivity index (χ0v) is 47.2. The summed E-state index contributed by atoms with van der Waals surface area (Å²) >= 11 is 0. The summed E-state index contributed by atoms with van der Waals surface area (Å²) in [4.78, 5) is 53.6. The lowest BCUT2D eigenvalue weighted by atomic mass is 9.79. The largest absolute Gasteiger partial charge is 0.484 e. The normalized spacial score (nSPS) is 21.7. The van der Waals surface area contributed by atoms with E-state index in [4.69, 9.17) is 75.8 Å². The zero-order valence-electron chi connectivity index (χ0n) is 47.2. The first-order valence-corrected chi connectivity index (χ1v) is 27.8. The van der Waals surface area contributed by atoms with Crippen molar-refractivity contribution in [1.82, 2.24) is 0 Å². The minimum Gasteiger partial charge on any atom is -0.484 e. The molecule has 0 unspecified atom stereocenters. The number of rotatable bonds is 4. The first-order chi connectivity index (χ1) is 40.8. The first kappa shape index (κ1) is 61.1. The van der Waals surface area contributed by atoms with E-state index in [1.807, 2.05) is 0 Å². The first-order valence-electron chi connectivity index (χ1n) is 27.8. The van der Waals surface area contributed by atoms with Crippen LogP contribution in [0.3, 0.4) is 0 Å². The van der Waals surface area contributed by atoms with E-state index in [0.29, 0.717) is 0 Å². The lowest BCUT2D eigenvalue weighted by molar-refractivity contribution is -0.387. The average Bonchev–Trinajstić information content (AvgIpc) is 1.71. The molecule has 0 aromatic heterocycles. The quantitative estimate of drug-likeness (QED) is 0.141. The fraction of sp³-hybridized carbons (Fsp3) is 0.571. The molecule has 0 saturated carbocycles. The van der Waals surface area contributed by atoms with E-state index < -0.39 is 66.1 Å². The van der Waals surface area contributed by atoms with Gasteiger partial charge in [-0.25, -0.2) is 0 Å². The lowest BCUT2D eigenvalue weighted by Gasteiger charge is -2.29. The smallest absolute Gasteiger partial charge is 0.352 e. The van der Waals surface area contributed by atoms with Gasteiger partial charge in [0, 0.05) is 68.2 Å². The summed E-state index contributed by atoms with van der Waals surface area (Å²) in [5.74, 6) is -6.97. The molecule has 1 aliphatic carbocycles. The second kappa shape index (κ2) is 28.9. The molecule has 9 rings (SSSR count). The number of hydrogen-bond acceptors (Lipinski definition) is 24. The van der Waals surface area contributed by atoms with Gasteiger partial charge in [-0.2, -0.15) is 0 Å². The van der Waals surface area contributed by atoms with E-state index in [9.17, 15) is 40.5 Å². The van der Waals surface area contributed by atoms with E-state index >= 15 is 0 Å². The van der Waals surface area contributed by atoms with Gasteiger partial charge in [-0.05, 0) is 24.3 Å². The monoisotopic (exact) mass is 1180 g/mol. The maximum atomic E-state index is 14.1. The molecule has 0 spiro atoms. The molecule has 8 bridgehead atoms. The third-order valence-electron chi connectivity index (χ3n) is 14.8. The summed E-state index contributed by atoms with van der Waals surface area (Å²) < 4.78 is 98.2. The van der Waals surface area contributed by atoms with Crippen molar-refractivity contribution in [3.05, 3.63) is 109 Å². The molecular weight excluding hydrogens is 1110 g/mol. The molecule has 28 heteroatoms. The summed E-state index contributed by atoms with van der Waals surface area (Å²) in [5.41, 5.74) is -1.77. The summed E-state index contributed by atoms with van der Waals surface area (Å²) in [6.07, 6.45) is 0. The van der Waals surface area contributed by atoms with Crippen LogP contribution in [0.5, 0.6) is 46.0 Å². The van der Waals surface area contributed by atoms with Crippen molar-refractivity contribution in [3.8, 4) is 46.0 Å². The molecule has 4 heterocycles. The molecule has 0 amide bonds. The van der Waals surface area contributed by atoms with Crippen molar-refractivity contribution in [2.75, 3.05) is 159 Å². The molecular formula is C56H68N4O24. The highest BCUT2D eigenvalue weighted by molar-refractivity contribution is 5.76. The Morgan fingerprint density at radius 2 is 0.369 bits per heavy atom. The number of nitro groups is 4. The van der Waals surface area contributed by atoms with Crippen LogP contribution >= 0.6 is 0 Å². The van der Waals surface area contributed by atoms with Gasteiger partial charge < -0.3 is 75.8 Å². The summed E-state index contributed by atoms with van der Waals surface area (Å²) in [6.45, 7) is 4.89. The van der Waals surface area contributed by atoms with E-state index in [-0.39, 0.29) is 249 Å². The second-order valence-electron chi connectivity index (χ2n) is 19.8. The Bertz CT molecular complexity index is 2480. The van der Waals surface area contributed by atoms with Crippen molar-refractivity contribution < 1.29 is 95.5 Å². The topological polar surface area (TPSA) is 320 Å². The van der Waals surface area contributed by atoms with Gasteiger partial charge in [-0.3, -0.25) is 40.5 Å². The predicted octanol–water partition coefficient (Wildman–Crippen LogP) is 7.46. The predicted molar refractivity (Wildman–Crippen MR) is 293 cm³/mol. The third kappa shape index (κ3) is 13.5. The van der Waals surface area contributed by atoms with Crippen molar-refractivity contribution in [2.24, 2.45) is 0 Å². The molecule has 28 nitrogen and oxygen atoms in total. The SMILES string of the molecule is CC1c2cc3c4c([N+](=O)[O-])c2OCCOCCOCCOc2c1cc1c(c2[N+](=O)[O-])OCCOCCOCCOc2c(cc5c(c2[N+](=O)[O-])OCCOCCOCCOc2c(cc(c(c2[N+](=O)[O-])OCCOCCOCCO4)C3C)C5C)C1C. The highest BCUT2D eigenvalue weighted by Crippen LogP contribution is 2.59. The minimum atomic E-state index is -1.16. The van der Waals surface area contributed by atoms with Gasteiger partial charge >= 0.3 is 22.7 Å². The van der Waals surface area contributed by atoms with Crippen LogP contribution in [0.2, 0.25) is 0 Å². The van der Waals surface area contributed by atoms with Gasteiger partial charge in [0.1, 0.15) is 52.9 Å². The van der Waals surface area contributed by atoms with E-state index in [1.54, 1.807) is 52.0 Å². The van der Waals surface area contributed by atoms with Gasteiger partial charge in [0.25, 0.3) is 0 Å². The Hall–Kier alpha value is -7.44. The molecule has 5 aliphatic rings. The van der Waals surface area contributed by atoms with Crippen LogP contribution in [0.1, 0.15) is 95.9 Å². The van der Waals surface area contributed by atoms with E-state index in [1.165, 1.54) is 0 Å².